The van der Waals surface area contributed by atoms with Gasteiger partial charge in [0.2, 0.25) is 0 Å². The molecule has 1 N–H and O–H groups in total. The summed E-state index contributed by atoms with van der Waals surface area (Å²) in [5.41, 5.74) is 2.09. The van der Waals surface area contributed by atoms with E-state index in [1.165, 1.54) is 0 Å². The Balaban J connectivity index is 2.89. The number of anilines is 1. The van der Waals surface area contributed by atoms with Crippen LogP contribution in [-0.4, -0.2) is 23.5 Å². The Morgan fingerprint density at radius 3 is 2.65 bits per heavy atom. The van der Waals surface area contributed by atoms with Gasteiger partial charge in [-0.15, -0.1) is 0 Å². The van der Waals surface area contributed by atoms with Gasteiger partial charge in [0.1, 0.15) is 6.04 Å². The molecule has 17 heavy (non-hydrogen) atoms. The topological polar surface area (TPSA) is 41.6 Å². The number of nitrogens with one attached hydrogen (secondary N) is 1. The SMILES string of the molecule is CNc1ccccc1CC(C(=O)OP)N(P)P. The summed E-state index contributed by atoms with van der Waals surface area (Å²) in [6, 6.07) is 7.53. The van der Waals surface area contributed by atoms with E-state index in [0.717, 1.165) is 11.3 Å². The van der Waals surface area contributed by atoms with E-state index in [2.05, 4.69) is 24.1 Å². The number of nitrogens with zero attached hydrogens (tertiary/aromatic N) is 1. The van der Waals surface area contributed by atoms with Crippen LogP contribution in [0.2, 0.25) is 0 Å². The van der Waals surface area contributed by atoms with Gasteiger partial charge < -0.3 is 9.84 Å². The van der Waals surface area contributed by atoms with Crippen molar-refractivity contribution < 1.29 is 9.32 Å². The van der Waals surface area contributed by atoms with Crippen molar-refractivity contribution in [3.05, 3.63) is 29.8 Å². The molecule has 0 bridgehead atoms. The highest BCUT2D eigenvalue weighted by molar-refractivity contribution is 7.31. The van der Waals surface area contributed by atoms with Crippen LogP contribution in [0.5, 0.6) is 0 Å². The molecule has 0 spiro atoms. The standard InChI is InChI=1S/C10H17N2O2P3/c1-11-8-5-3-2-4-7(8)6-9(12(15)16)10(13)14-17/h2-5,9,11H,6,15-17H2,1H3. The van der Waals surface area contributed by atoms with E-state index in [1.54, 1.807) is 4.44 Å². The largest absolute Gasteiger partial charge is 0.450 e. The fraction of sp³-hybridized carbons (Fsp3) is 0.300. The molecule has 4 atom stereocenters. The Morgan fingerprint density at radius 2 is 2.12 bits per heavy atom. The lowest BCUT2D eigenvalue weighted by atomic mass is 10.0. The third kappa shape index (κ3) is 4.16. The Bertz CT molecular complexity index is 388. The van der Waals surface area contributed by atoms with E-state index >= 15 is 0 Å². The second-order valence-corrected chi connectivity index (χ2v) is 5.54. The number of benzene rings is 1. The molecule has 0 saturated heterocycles. The molecule has 1 rings (SSSR count). The second kappa shape index (κ2) is 7.24. The van der Waals surface area contributed by atoms with Gasteiger partial charge in [-0.25, -0.2) is 0 Å². The maximum atomic E-state index is 11.6. The average Bonchev–Trinajstić information content (AvgIpc) is 2.35. The monoisotopic (exact) mass is 290 g/mol. The Kier molecular flexibility index (Phi) is 6.30. The van der Waals surface area contributed by atoms with Crippen molar-refractivity contribution in [2.75, 3.05) is 12.4 Å². The van der Waals surface area contributed by atoms with Crippen LogP contribution in [0.4, 0.5) is 5.69 Å². The molecule has 0 aromatic heterocycles. The van der Waals surface area contributed by atoms with Gasteiger partial charge >= 0.3 is 5.97 Å². The molecule has 0 heterocycles. The molecule has 0 aliphatic rings. The number of rotatable bonds is 5. The molecule has 0 aliphatic carbocycles. The molecule has 1 aromatic carbocycles. The predicted octanol–water partition coefficient (Wildman–Crippen LogP) is 1.85. The molecule has 94 valence electrons. The first kappa shape index (κ1) is 14.8. The van der Waals surface area contributed by atoms with E-state index in [1.807, 2.05) is 40.8 Å². The van der Waals surface area contributed by atoms with Gasteiger partial charge in [-0.05, 0) is 11.6 Å². The minimum Gasteiger partial charge on any atom is -0.450 e. The molecular formula is C10H17N2O2P3. The van der Waals surface area contributed by atoms with Crippen LogP contribution in [-0.2, 0) is 15.7 Å². The Hall–Kier alpha value is -0.260. The lowest BCUT2D eigenvalue weighted by molar-refractivity contribution is -0.136. The summed E-state index contributed by atoms with van der Waals surface area (Å²) in [6.07, 6.45) is 0.581. The lowest BCUT2D eigenvalue weighted by Crippen LogP contribution is -2.31. The highest BCUT2D eigenvalue weighted by Crippen LogP contribution is 2.23. The number of hydrogen-bond donors (Lipinski definition) is 1. The molecule has 4 unspecified atom stereocenters. The van der Waals surface area contributed by atoms with Gasteiger partial charge in [0.25, 0.3) is 0 Å². The van der Waals surface area contributed by atoms with E-state index in [-0.39, 0.29) is 12.0 Å². The number of carbonyl (C=O) groups excluding carboxylic acids is 1. The average molecular weight is 290 g/mol. The van der Waals surface area contributed by atoms with Crippen molar-refractivity contribution >= 4 is 39.9 Å². The van der Waals surface area contributed by atoms with Gasteiger partial charge in [0.15, 0.2) is 0 Å². The molecule has 0 amide bonds. The van der Waals surface area contributed by atoms with E-state index < -0.39 is 0 Å². The van der Waals surface area contributed by atoms with Crippen LogP contribution in [0, 0.1) is 0 Å². The summed E-state index contributed by atoms with van der Waals surface area (Å²) >= 11 is 0. The minimum atomic E-state index is -0.350. The van der Waals surface area contributed by atoms with Crippen molar-refractivity contribution in [1.29, 1.82) is 0 Å². The van der Waals surface area contributed by atoms with Crippen molar-refractivity contribution in [2.45, 2.75) is 12.5 Å². The molecule has 0 fully saturated rings. The fourth-order valence-electron chi connectivity index (χ4n) is 1.54. The minimum absolute atomic E-state index is 0.286. The molecule has 4 nitrogen and oxygen atoms in total. The lowest BCUT2D eigenvalue weighted by Gasteiger charge is -2.22. The van der Waals surface area contributed by atoms with Crippen LogP contribution in [0.1, 0.15) is 5.56 Å². The maximum Gasteiger partial charge on any atom is 0.326 e. The first-order chi connectivity index (χ1) is 8.10. The van der Waals surface area contributed by atoms with Crippen molar-refractivity contribution in [1.82, 2.24) is 4.44 Å². The quantitative estimate of drug-likeness (QED) is 0.840. The molecule has 1 aromatic rings. The van der Waals surface area contributed by atoms with Gasteiger partial charge in [-0.1, -0.05) is 37.0 Å². The second-order valence-electron chi connectivity index (χ2n) is 3.51. The number of carbonyl (C=O) groups is 1. The van der Waals surface area contributed by atoms with Crippen LogP contribution in [0.25, 0.3) is 0 Å². The highest BCUT2D eigenvalue weighted by atomic mass is 31.1. The maximum absolute atomic E-state index is 11.6. The zero-order valence-corrected chi connectivity index (χ0v) is 13.1. The normalized spacial score (nSPS) is 12.3. The third-order valence-corrected chi connectivity index (χ3v) is 3.40. The highest BCUT2D eigenvalue weighted by Gasteiger charge is 2.23. The van der Waals surface area contributed by atoms with E-state index in [0.29, 0.717) is 6.42 Å². The van der Waals surface area contributed by atoms with Crippen LogP contribution < -0.4 is 5.32 Å². The van der Waals surface area contributed by atoms with Crippen molar-refractivity contribution in [2.24, 2.45) is 0 Å². The summed E-state index contributed by atoms with van der Waals surface area (Å²) in [5, 5.41) is 3.11. The summed E-state index contributed by atoms with van der Waals surface area (Å²) < 4.78 is 6.40. The first-order valence-corrected chi connectivity index (χ1v) is 6.55. The van der Waals surface area contributed by atoms with Crippen LogP contribution >= 0.6 is 28.2 Å². The van der Waals surface area contributed by atoms with Crippen molar-refractivity contribution in [3.63, 3.8) is 0 Å². The third-order valence-electron chi connectivity index (χ3n) is 2.45. The van der Waals surface area contributed by atoms with Gasteiger partial charge in [-0.3, -0.25) is 9.24 Å². The van der Waals surface area contributed by atoms with Crippen LogP contribution in [0.15, 0.2) is 24.3 Å². The van der Waals surface area contributed by atoms with Gasteiger partial charge in [0, 0.05) is 19.2 Å². The summed E-state index contributed by atoms with van der Waals surface area (Å²) in [7, 11) is 8.78. The molecule has 0 radical (unpaired) electrons. The zero-order valence-electron chi connectivity index (χ0n) is 9.59. The van der Waals surface area contributed by atoms with E-state index in [4.69, 9.17) is 4.52 Å². The molecule has 0 saturated carbocycles. The zero-order chi connectivity index (χ0) is 12.8. The van der Waals surface area contributed by atoms with Crippen LogP contribution in [0.3, 0.4) is 0 Å². The molecular weight excluding hydrogens is 273 g/mol. The van der Waals surface area contributed by atoms with Gasteiger partial charge in [0.05, 0.1) is 9.47 Å². The van der Waals surface area contributed by atoms with E-state index in [9.17, 15) is 4.79 Å². The van der Waals surface area contributed by atoms with Crippen molar-refractivity contribution in [3.8, 4) is 0 Å². The Morgan fingerprint density at radius 1 is 1.47 bits per heavy atom. The first-order valence-electron chi connectivity index (χ1n) is 5.05. The number of para-hydroxylation sites is 1. The predicted molar refractivity (Wildman–Crippen MR) is 80.5 cm³/mol. The molecule has 0 aliphatic heterocycles. The summed E-state index contributed by atoms with van der Waals surface area (Å²) in [5.74, 6) is -0.286. The summed E-state index contributed by atoms with van der Waals surface area (Å²) in [6.45, 7) is 0. The smallest absolute Gasteiger partial charge is 0.326 e. The van der Waals surface area contributed by atoms with Gasteiger partial charge in [-0.2, -0.15) is 0 Å². The summed E-state index contributed by atoms with van der Waals surface area (Å²) in [4.78, 5) is 11.6. The fourth-order valence-corrected chi connectivity index (χ4v) is 2.15. The molecule has 7 heteroatoms. The Labute approximate surface area is 109 Å². The number of hydrogen-bond acceptors (Lipinski definition) is 4.